The molecule has 0 bridgehead atoms. The molecule has 0 atom stereocenters. The maximum Gasteiger partial charge on any atom is 0.163 e. The molecule has 0 aromatic heterocycles. The Balaban J connectivity index is 2.02. The number of ether oxygens (including phenoxy) is 1. The molecule has 1 aromatic rings. The molecule has 2 aliphatic rings. The van der Waals surface area contributed by atoms with Crippen molar-refractivity contribution < 1.29 is 9.13 Å². The minimum atomic E-state index is -0.250. The summed E-state index contributed by atoms with van der Waals surface area (Å²) in [6.07, 6.45) is 3.71. The van der Waals surface area contributed by atoms with Crippen LogP contribution in [0.1, 0.15) is 5.56 Å². The molecule has 0 unspecified atom stereocenters. The molecule has 1 aromatic carbocycles. The van der Waals surface area contributed by atoms with Crippen molar-refractivity contribution in [3.63, 3.8) is 0 Å². The van der Waals surface area contributed by atoms with E-state index in [2.05, 4.69) is 21.4 Å². The first-order valence-electron chi connectivity index (χ1n) is 6.33. The summed E-state index contributed by atoms with van der Waals surface area (Å²) in [4.78, 5) is 1.88. The first-order valence-corrected chi connectivity index (χ1v) is 7.13. The number of hydrazine groups is 1. The van der Waals surface area contributed by atoms with Crippen LogP contribution in [0.4, 0.5) is 10.1 Å². The summed E-state index contributed by atoms with van der Waals surface area (Å²) >= 11 is 3.35. The fraction of sp³-hybridized carbons (Fsp3) is 0.286. The third-order valence-corrected chi connectivity index (χ3v) is 4.26. The molecule has 3 rings (SSSR count). The molecule has 20 heavy (non-hydrogen) atoms. The summed E-state index contributed by atoms with van der Waals surface area (Å²) in [7, 11) is 1.89. The molecule has 2 aliphatic heterocycles. The van der Waals surface area contributed by atoms with Gasteiger partial charge in [-0.3, -0.25) is 5.01 Å². The number of halogens is 2. The van der Waals surface area contributed by atoms with Crippen LogP contribution in [-0.2, 0) is 4.74 Å². The molecule has 0 saturated carbocycles. The molecular weight excluding hydrogens is 325 g/mol. The zero-order valence-corrected chi connectivity index (χ0v) is 12.9. The second-order valence-corrected chi connectivity index (χ2v) is 5.66. The number of rotatable bonds is 1. The molecule has 0 spiro atoms. The van der Waals surface area contributed by atoms with E-state index in [1.165, 1.54) is 6.07 Å². The monoisotopic (exact) mass is 339 g/mol. The van der Waals surface area contributed by atoms with Crippen molar-refractivity contribution in [1.82, 2.24) is 10.4 Å². The van der Waals surface area contributed by atoms with E-state index in [1.807, 2.05) is 36.1 Å². The third kappa shape index (κ3) is 2.24. The van der Waals surface area contributed by atoms with E-state index >= 15 is 0 Å². The Morgan fingerprint density at radius 1 is 1.40 bits per heavy atom. The van der Waals surface area contributed by atoms with Gasteiger partial charge in [-0.1, -0.05) is 15.9 Å². The van der Waals surface area contributed by atoms with Crippen LogP contribution in [0.15, 0.2) is 40.5 Å². The van der Waals surface area contributed by atoms with Gasteiger partial charge in [0, 0.05) is 17.7 Å². The fourth-order valence-electron chi connectivity index (χ4n) is 2.25. The Labute approximate surface area is 125 Å². The van der Waals surface area contributed by atoms with Crippen LogP contribution < -0.4 is 10.3 Å². The molecule has 0 amide bonds. The number of nitrogens with zero attached hydrogens (tertiary/aromatic N) is 2. The Morgan fingerprint density at radius 3 is 3.00 bits per heavy atom. The van der Waals surface area contributed by atoms with Crippen LogP contribution in [0.2, 0.25) is 0 Å². The van der Waals surface area contributed by atoms with E-state index < -0.39 is 0 Å². The standard InChI is InChI=1S/C14H15BrFN3O/c1-9-5-12(11(16)6-10(9)15)19-3-4-20-14-7-17-18(2)13(14)8-19/h5-8,17H,3-4H2,1-2H3. The maximum atomic E-state index is 14.2. The van der Waals surface area contributed by atoms with Crippen LogP contribution in [0.25, 0.3) is 0 Å². The first-order chi connectivity index (χ1) is 9.56. The van der Waals surface area contributed by atoms with Gasteiger partial charge in [-0.2, -0.15) is 0 Å². The summed E-state index contributed by atoms with van der Waals surface area (Å²) in [5.41, 5.74) is 5.50. The average molecular weight is 340 g/mol. The number of likely N-dealkylation sites (N-methyl/N-ethyl adjacent to an activating group) is 1. The van der Waals surface area contributed by atoms with Crippen molar-refractivity contribution in [2.75, 3.05) is 25.1 Å². The number of aryl methyl sites for hydroxylation is 1. The van der Waals surface area contributed by atoms with Crippen LogP contribution in [0, 0.1) is 12.7 Å². The lowest BCUT2D eigenvalue weighted by atomic mass is 10.2. The average Bonchev–Trinajstić information content (AvgIpc) is 2.63. The Hall–Kier alpha value is -1.69. The molecule has 106 valence electrons. The van der Waals surface area contributed by atoms with Crippen molar-refractivity contribution in [1.29, 1.82) is 0 Å². The van der Waals surface area contributed by atoms with Gasteiger partial charge >= 0.3 is 0 Å². The second-order valence-electron chi connectivity index (χ2n) is 4.81. The van der Waals surface area contributed by atoms with Crippen molar-refractivity contribution in [3.05, 3.63) is 51.8 Å². The summed E-state index contributed by atoms with van der Waals surface area (Å²) in [6.45, 7) is 3.06. The highest BCUT2D eigenvalue weighted by atomic mass is 79.9. The number of anilines is 1. The summed E-state index contributed by atoms with van der Waals surface area (Å²) in [5, 5.41) is 1.84. The number of hydrogen-bond donors (Lipinski definition) is 1. The number of hydrogen-bond acceptors (Lipinski definition) is 4. The zero-order valence-electron chi connectivity index (χ0n) is 11.3. The predicted molar refractivity (Wildman–Crippen MR) is 79.2 cm³/mol. The van der Waals surface area contributed by atoms with E-state index in [1.54, 1.807) is 6.20 Å². The summed E-state index contributed by atoms with van der Waals surface area (Å²) < 4.78 is 20.6. The molecule has 6 heteroatoms. The van der Waals surface area contributed by atoms with Gasteiger partial charge in [0.25, 0.3) is 0 Å². The van der Waals surface area contributed by atoms with Crippen LogP contribution in [-0.4, -0.2) is 25.2 Å². The largest absolute Gasteiger partial charge is 0.488 e. The third-order valence-electron chi connectivity index (χ3n) is 3.41. The number of fused-ring (bicyclic) bond motifs is 1. The van der Waals surface area contributed by atoms with E-state index in [-0.39, 0.29) is 5.82 Å². The Bertz CT molecular complexity index is 615. The highest BCUT2D eigenvalue weighted by Gasteiger charge is 2.24. The van der Waals surface area contributed by atoms with Gasteiger partial charge in [-0.15, -0.1) is 0 Å². The van der Waals surface area contributed by atoms with Gasteiger partial charge in [0.15, 0.2) is 5.76 Å². The van der Waals surface area contributed by atoms with E-state index in [0.29, 0.717) is 18.8 Å². The first kappa shape index (κ1) is 13.3. The topological polar surface area (TPSA) is 27.7 Å². The Kier molecular flexibility index (Phi) is 3.33. The van der Waals surface area contributed by atoms with Gasteiger partial charge < -0.3 is 15.1 Å². The predicted octanol–water partition coefficient (Wildman–Crippen LogP) is 2.87. The smallest absolute Gasteiger partial charge is 0.163 e. The van der Waals surface area contributed by atoms with Gasteiger partial charge in [0.05, 0.1) is 18.4 Å². The van der Waals surface area contributed by atoms with Gasteiger partial charge in [0.2, 0.25) is 0 Å². The summed E-state index contributed by atoms with van der Waals surface area (Å²) in [5.74, 6) is 0.532. The van der Waals surface area contributed by atoms with Crippen LogP contribution in [0.5, 0.6) is 0 Å². The van der Waals surface area contributed by atoms with Crippen molar-refractivity contribution >= 4 is 21.6 Å². The molecular formula is C14H15BrFN3O. The Morgan fingerprint density at radius 2 is 2.20 bits per heavy atom. The van der Waals surface area contributed by atoms with E-state index in [4.69, 9.17) is 4.74 Å². The molecule has 0 aliphatic carbocycles. The lowest BCUT2D eigenvalue weighted by molar-refractivity contribution is 0.227. The van der Waals surface area contributed by atoms with Crippen LogP contribution in [0.3, 0.4) is 0 Å². The van der Waals surface area contributed by atoms with Crippen molar-refractivity contribution in [2.45, 2.75) is 6.92 Å². The minimum Gasteiger partial charge on any atom is -0.488 e. The minimum absolute atomic E-state index is 0.250. The molecule has 0 saturated heterocycles. The maximum absolute atomic E-state index is 14.2. The quantitative estimate of drug-likeness (QED) is 0.851. The van der Waals surface area contributed by atoms with Gasteiger partial charge in [-0.05, 0) is 24.6 Å². The van der Waals surface area contributed by atoms with E-state index in [0.717, 1.165) is 21.5 Å². The number of nitrogens with one attached hydrogen (secondary N) is 1. The van der Waals surface area contributed by atoms with E-state index in [9.17, 15) is 4.39 Å². The molecule has 1 N–H and O–H groups in total. The molecule has 2 heterocycles. The van der Waals surface area contributed by atoms with Gasteiger partial charge in [0.1, 0.15) is 18.1 Å². The lowest BCUT2D eigenvalue weighted by Gasteiger charge is -2.22. The molecule has 0 radical (unpaired) electrons. The van der Waals surface area contributed by atoms with Gasteiger partial charge in [-0.25, -0.2) is 4.39 Å². The van der Waals surface area contributed by atoms with Crippen molar-refractivity contribution in [2.24, 2.45) is 0 Å². The molecule has 4 nitrogen and oxygen atoms in total. The summed E-state index contributed by atoms with van der Waals surface area (Å²) in [6, 6.07) is 3.34. The second kappa shape index (κ2) is 5.01. The molecule has 0 fully saturated rings. The zero-order chi connectivity index (χ0) is 14.3. The number of benzene rings is 1. The lowest BCUT2D eigenvalue weighted by Crippen LogP contribution is -2.26. The normalized spacial score (nSPS) is 17.8. The van der Waals surface area contributed by atoms with Crippen LogP contribution >= 0.6 is 15.9 Å². The SMILES string of the molecule is Cc1cc(N2C=C3C(=CNN3C)OCC2)c(F)cc1Br. The highest BCUT2D eigenvalue weighted by molar-refractivity contribution is 9.10. The highest BCUT2D eigenvalue weighted by Crippen LogP contribution is 2.30. The van der Waals surface area contributed by atoms with Crippen molar-refractivity contribution in [3.8, 4) is 0 Å². The fourth-order valence-corrected chi connectivity index (χ4v) is 2.56.